The van der Waals surface area contributed by atoms with Crippen molar-refractivity contribution in [3.05, 3.63) is 12.7 Å². The summed E-state index contributed by atoms with van der Waals surface area (Å²) in [5.41, 5.74) is -0.419. The van der Waals surface area contributed by atoms with Crippen molar-refractivity contribution in [3.63, 3.8) is 0 Å². The Balaban J connectivity index is 2.04. The van der Waals surface area contributed by atoms with E-state index < -0.39 is 5.60 Å². The molecule has 1 saturated carbocycles. The van der Waals surface area contributed by atoms with Crippen molar-refractivity contribution >= 4 is 6.09 Å². The van der Waals surface area contributed by atoms with Crippen LogP contribution in [0.1, 0.15) is 59.3 Å². The standard InChI is InChI=1S/C18H32N2O2/c1-5-12-19-15-10-7-6-9-14(15)16-11-8-13-20(16)17(21)22-18(2,3)4/h5,14-16,19H,1,6-13H2,2-4H3. The molecule has 1 amide bonds. The lowest BCUT2D eigenvalue weighted by Crippen LogP contribution is -2.50. The van der Waals surface area contributed by atoms with Crippen molar-refractivity contribution in [2.24, 2.45) is 5.92 Å². The quantitative estimate of drug-likeness (QED) is 0.805. The zero-order valence-corrected chi connectivity index (χ0v) is 14.4. The number of ether oxygens (including phenoxy) is 1. The van der Waals surface area contributed by atoms with Crippen molar-refractivity contribution < 1.29 is 9.53 Å². The molecule has 126 valence electrons. The molecule has 1 aliphatic carbocycles. The predicted octanol–water partition coefficient (Wildman–Crippen LogP) is 3.72. The molecule has 0 aromatic carbocycles. The normalized spacial score (nSPS) is 29.4. The van der Waals surface area contributed by atoms with Crippen LogP contribution < -0.4 is 5.32 Å². The molecule has 1 N–H and O–H groups in total. The molecular weight excluding hydrogens is 276 g/mol. The molecule has 1 saturated heterocycles. The molecule has 3 unspecified atom stereocenters. The lowest BCUT2D eigenvalue weighted by molar-refractivity contribution is 0.0134. The van der Waals surface area contributed by atoms with Crippen molar-refractivity contribution in [3.8, 4) is 0 Å². The maximum absolute atomic E-state index is 12.5. The van der Waals surface area contributed by atoms with Gasteiger partial charge in [-0.25, -0.2) is 4.79 Å². The highest BCUT2D eigenvalue weighted by Crippen LogP contribution is 2.35. The summed E-state index contributed by atoms with van der Waals surface area (Å²) >= 11 is 0. The highest BCUT2D eigenvalue weighted by Gasteiger charge is 2.40. The van der Waals surface area contributed by atoms with Gasteiger partial charge in [-0.2, -0.15) is 0 Å². The van der Waals surface area contributed by atoms with E-state index in [1.807, 2.05) is 31.7 Å². The van der Waals surface area contributed by atoms with Gasteiger partial charge in [0, 0.05) is 25.2 Å². The summed E-state index contributed by atoms with van der Waals surface area (Å²) in [6, 6.07) is 0.831. The molecule has 2 fully saturated rings. The van der Waals surface area contributed by atoms with E-state index in [1.165, 1.54) is 25.7 Å². The zero-order valence-electron chi connectivity index (χ0n) is 14.4. The minimum atomic E-state index is -0.419. The van der Waals surface area contributed by atoms with E-state index in [-0.39, 0.29) is 6.09 Å². The van der Waals surface area contributed by atoms with E-state index in [0.717, 1.165) is 25.9 Å². The van der Waals surface area contributed by atoms with E-state index in [1.54, 1.807) is 0 Å². The van der Waals surface area contributed by atoms with E-state index in [0.29, 0.717) is 18.0 Å². The number of hydrogen-bond donors (Lipinski definition) is 1. The van der Waals surface area contributed by atoms with Gasteiger partial charge >= 0.3 is 6.09 Å². The SMILES string of the molecule is C=CCNC1CCCCC1C1CCCN1C(=O)OC(C)(C)C. The lowest BCUT2D eigenvalue weighted by atomic mass is 9.79. The highest BCUT2D eigenvalue weighted by molar-refractivity contribution is 5.69. The van der Waals surface area contributed by atoms with Crippen LogP contribution in [0.2, 0.25) is 0 Å². The zero-order chi connectivity index (χ0) is 16.2. The molecule has 22 heavy (non-hydrogen) atoms. The molecule has 0 bridgehead atoms. The Kier molecular flexibility index (Phi) is 5.90. The Morgan fingerprint density at radius 1 is 1.27 bits per heavy atom. The average molecular weight is 308 g/mol. The number of nitrogens with one attached hydrogen (secondary N) is 1. The molecule has 2 rings (SSSR count). The minimum Gasteiger partial charge on any atom is -0.444 e. The van der Waals surface area contributed by atoms with Gasteiger partial charge in [0.1, 0.15) is 5.60 Å². The van der Waals surface area contributed by atoms with Crippen molar-refractivity contribution in [2.75, 3.05) is 13.1 Å². The molecule has 4 nitrogen and oxygen atoms in total. The molecule has 0 aromatic rings. The van der Waals surface area contributed by atoms with Crippen LogP contribution in [-0.2, 0) is 4.74 Å². The second-order valence-corrected chi connectivity index (χ2v) is 7.64. The monoisotopic (exact) mass is 308 g/mol. The number of nitrogens with zero attached hydrogens (tertiary/aromatic N) is 1. The average Bonchev–Trinajstić information content (AvgIpc) is 2.93. The van der Waals surface area contributed by atoms with E-state index in [9.17, 15) is 4.79 Å². The molecule has 0 aromatic heterocycles. The van der Waals surface area contributed by atoms with E-state index in [4.69, 9.17) is 4.74 Å². The minimum absolute atomic E-state index is 0.136. The van der Waals surface area contributed by atoms with E-state index >= 15 is 0 Å². The lowest BCUT2D eigenvalue weighted by Gasteiger charge is -2.40. The Morgan fingerprint density at radius 3 is 2.68 bits per heavy atom. The van der Waals surface area contributed by atoms with Gasteiger partial charge in [0.25, 0.3) is 0 Å². The molecular formula is C18H32N2O2. The van der Waals surface area contributed by atoms with Gasteiger partial charge in [0.05, 0.1) is 0 Å². The molecule has 0 spiro atoms. The van der Waals surface area contributed by atoms with Gasteiger partial charge in [-0.05, 0) is 52.4 Å². The van der Waals surface area contributed by atoms with Gasteiger partial charge in [0.15, 0.2) is 0 Å². The van der Waals surface area contributed by atoms with Crippen LogP contribution in [0.5, 0.6) is 0 Å². The first-order chi connectivity index (χ1) is 10.4. The summed E-state index contributed by atoms with van der Waals surface area (Å²) in [5.74, 6) is 0.545. The summed E-state index contributed by atoms with van der Waals surface area (Å²) in [4.78, 5) is 14.5. The van der Waals surface area contributed by atoms with Crippen LogP contribution in [0, 0.1) is 5.92 Å². The number of hydrogen-bond acceptors (Lipinski definition) is 3. The fourth-order valence-electron chi connectivity index (χ4n) is 3.89. The summed E-state index contributed by atoms with van der Waals surface area (Å²) in [5, 5.41) is 3.61. The van der Waals surface area contributed by atoms with Gasteiger partial charge in [0.2, 0.25) is 0 Å². The van der Waals surface area contributed by atoms with Crippen molar-refractivity contribution in [2.45, 2.75) is 77.0 Å². The number of carbonyl (C=O) groups is 1. The smallest absolute Gasteiger partial charge is 0.410 e. The number of amides is 1. The fourth-order valence-corrected chi connectivity index (χ4v) is 3.89. The molecule has 2 aliphatic rings. The van der Waals surface area contributed by atoms with Gasteiger partial charge in [-0.3, -0.25) is 0 Å². The summed E-state index contributed by atoms with van der Waals surface area (Å²) in [6.45, 7) is 11.3. The molecule has 0 radical (unpaired) electrons. The predicted molar refractivity (Wildman–Crippen MR) is 89.9 cm³/mol. The van der Waals surface area contributed by atoms with Crippen LogP contribution in [-0.4, -0.2) is 41.8 Å². The van der Waals surface area contributed by atoms with Crippen LogP contribution in [0.15, 0.2) is 12.7 Å². The number of rotatable bonds is 4. The second kappa shape index (κ2) is 7.49. The van der Waals surface area contributed by atoms with Crippen molar-refractivity contribution in [1.82, 2.24) is 10.2 Å². The Bertz CT molecular complexity index is 389. The first-order valence-electron chi connectivity index (χ1n) is 8.76. The van der Waals surface area contributed by atoms with Gasteiger partial charge in [-0.15, -0.1) is 6.58 Å². The Labute approximate surface area is 135 Å². The molecule has 1 heterocycles. The molecule has 1 aliphatic heterocycles. The first-order valence-corrected chi connectivity index (χ1v) is 8.76. The maximum Gasteiger partial charge on any atom is 0.410 e. The van der Waals surface area contributed by atoms with Crippen LogP contribution in [0.25, 0.3) is 0 Å². The van der Waals surface area contributed by atoms with E-state index in [2.05, 4.69) is 11.9 Å². The van der Waals surface area contributed by atoms with Gasteiger partial charge < -0.3 is 15.0 Å². The van der Waals surface area contributed by atoms with Crippen molar-refractivity contribution in [1.29, 1.82) is 0 Å². The summed E-state index contributed by atoms with van der Waals surface area (Å²) in [7, 11) is 0. The first kappa shape index (κ1) is 17.3. The van der Waals surface area contributed by atoms with Crippen LogP contribution in [0.3, 0.4) is 0 Å². The molecule has 4 heteroatoms. The number of carbonyl (C=O) groups excluding carboxylic acids is 1. The summed E-state index contributed by atoms with van der Waals surface area (Å²) in [6.07, 6.45) is 8.95. The van der Waals surface area contributed by atoms with Crippen LogP contribution in [0.4, 0.5) is 4.79 Å². The molecule has 3 atom stereocenters. The second-order valence-electron chi connectivity index (χ2n) is 7.64. The highest BCUT2D eigenvalue weighted by atomic mass is 16.6. The largest absolute Gasteiger partial charge is 0.444 e. The third kappa shape index (κ3) is 4.48. The number of likely N-dealkylation sites (tertiary alicyclic amines) is 1. The Morgan fingerprint density at radius 2 is 2.00 bits per heavy atom. The Hall–Kier alpha value is -1.03. The van der Waals surface area contributed by atoms with Gasteiger partial charge in [-0.1, -0.05) is 18.9 Å². The third-order valence-corrected chi connectivity index (χ3v) is 4.77. The maximum atomic E-state index is 12.5. The topological polar surface area (TPSA) is 41.6 Å². The summed E-state index contributed by atoms with van der Waals surface area (Å²) < 4.78 is 5.61. The fraction of sp³-hybridized carbons (Fsp3) is 0.833. The third-order valence-electron chi connectivity index (χ3n) is 4.77. The van der Waals surface area contributed by atoms with Crippen LogP contribution >= 0.6 is 0 Å².